The number of benzene rings is 2. The topological polar surface area (TPSA) is 51.2 Å². The Hall–Kier alpha value is -3.28. The summed E-state index contributed by atoms with van der Waals surface area (Å²) in [6.45, 7) is 1.87. The lowest BCUT2D eigenvalue weighted by Gasteiger charge is -2.17. The van der Waals surface area contributed by atoms with Gasteiger partial charge in [-0.1, -0.05) is 30.3 Å². The van der Waals surface area contributed by atoms with Gasteiger partial charge in [0, 0.05) is 12.3 Å². The van der Waals surface area contributed by atoms with Crippen LogP contribution in [-0.2, 0) is 0 Å². The van der Waals surface area contributed by atoms with Crippen LogP contribution in [0, 0.1) is 11.6 Å². The maximum Gasteiger partial charge on any atom is 0.259 e. The van der Waals surface area contributed by atoms with Gasteiger partial charge in [-0.05, 0) is 36.8 Å². The van der Waals surface area contributed by atoms with Crippen LogP contribution in [0.2, 0.25) is 0 Å². The number of nitrogens with one attached hydrogen (secondary N) is 1. The van der Waals surface area contributed by atoms with Gasteiger partial charge in [0.05, 0.1) is 5.56 Å². The van der Waals surface area contributed by atoms with Crippen molar-refractivity contribution in [2.45, 2.75) is 13.0 Å². The van der Waals surface area contributed by atoms with E-state index in [-0.39, 0.29) is 17.5 Å². The molecule has 0 aliphatic rings. The molecule has 1 N–H and O–H groups in total. The molecule has 1 unspecified atom stereocenters. The number of hydrogen-bond acceptors (Lipinski definition) is 3. The van der Waals surface area contributed by atoms with Crippen LogP contribution < -0.4 is 10.1 Å². The van der Waals surface area contributed by atoms with Crippen LogP contribution in [0.15, 0.2) is 66.9 Å². The molecule has 6 heteroatoms. The lowest BCUT2D eigenvalue weighted by atomic mass is 10.1. The molecule has 1 heterocycles. The SMILES string of the molecule is CC(Oc1cccnc1NC(=O)c1ccc(F)cc1F)c1ccccc1. The molecule has 2 aromatic carbocycles. The summed E-state index contributed by atoms with van der Waals surface area (Å²) in [7, 11) is 0. The third kappa shape index (κ3) is 4.03. The average Bonchev–Trinajstić information content (AvgIpc) is 2.64. The summed E-state index contributed by atoms with van der Waals surface area (Å²) in [5.74, 6) is -1.93. The first-order chi connectivity index (χ1) is 12.5. The molecule has 0 saturated carbocycles. The van der Waals surface area contributed by atoms with Crippen molar-refractivity contribution in [2.24, 2.45) is 0 Å². The second-order valence-corrected chi connectivity index (χ2v) is 5.60. The molecule has 3 aromatic rings. The second kappa shape index (κ2) is 7.74. The molecule has 132 valence electrons. The standard InChI is InChI=1S/C20H16F2N2O2/c1-13(14-6-3-2-4-7-14)26-18-8-5-11-23-19(18)24-20(25)16-10-9-15(21)12-17(16)22/h2-13H,1H3,(H,23,24,25). The van der Waals surface area contributed by atoms with Gasteiger partial charge in [0.1, 0.15) is 17.7 Å². The number of carbonyl (C=O) groups excluding carboxylic acids is 1. The largest absolute Gasteiger partial charge is 0.482 e. The molecule has 0 saturated heterocycles. The summed E-state index contributed by atoms with van der Waals surface area (Å²) in [6.07, 6.45) is 1.20. The van der Waals surface area contributed by atoms with Gasteiger partial charge >= 0.3 is 0 Å². The van der Waals surface area contributed by atoms with Crippen molar-refractivity contribution in [3.8, 4) is 5.75 Å². The van der Waals surface area contributed by atoms with E-state index in [0.29, 0.717) is 11.8 Å². The third-order valence-electron chi connectivity index (χ3n) is 3.75. The van der Waals surface area contributed by atoms with Crippen molar-refractivity contribution >= 4 is 11.7 Å². The van der Waals surface area contributed by atoms with Crippen molar-refractivity contribution < 1.29 is 18.3 Å². The highest BCUT2D eigenvalue weighted by Crippen LogP contribution is 2.27. The minimum atomic E-state index is -0.946. The number of rotatable bonds is 5. The van der Waals surface area contributed by atoms with E-state index in [9.17, 15) is 13.6 Å². The normalized spacial score (nSPS) is 11.7. The summed E-state index contributed by atoms with van der Waals surface area (Å²) < 4.78 is 32.7. The van der Waals surface area contributed by atoms with E-state index in [2.05, 4.69) is 10.3 Å². The Morgan fingerprint density at radius 1 is 1.08 bits per heavy atom. The van der Waals surface area contributed by atoms with E-state index in [1.807, 2.05) is 37.3 Å². The molecule has 0 fully saturated rings. The minimum absolute atomic E-state index is 0.156. The van der Waals surface area contributed by atoms with E-state index < -0.39 is 17.5 Å². The zero-order chi connectivity index (χ0) is 18.5. The van der Waals surface area contributed by atoms with Crippen LogP contribution >= 0.6 is 0 Å². The molecule has 3 rings (SSSR count). The average molecular weight is 354 g/mol. The van der Waals surface area contributed by atoms with Crippen LogP contribution in [0.5, 0.6) is 5.75 Å². The Kier molecular flexibility index (Phi) is 5.22. The Balaban J connectivity index is 1.80. The maximum atomic E-state index is 13.8. The smallest absolute Gasteiger partial charge is 0.259 e. The van der Waals surface area contributed by atoms with Crippen molar-refractivity contribution in [1.29, 1.82) is 0 Å². The fourth-order valence-corrected chi connectivity index (χ4v) is 2.41. The number of halogens is 2. The molecule has 0 aliphatic carbocycles. The lowest BCUT2D eigenvalue weighted by Crippen LogP contribution is -2.16. The Labute approximate surface area is 149 Å². The van der Waals surface area contributed by atoms with Crippen molar-refractivity contribution in [2.75, 3.05) is 5.32 Å². The highest BCUT2D eigenvalue weighted by molar-refractivity contribution is 6.04. The number of carbonyl (C=O) groups is 1. The minimum Gasteiger partial charge on any atom is -0.482 e. The molecule has 0 aliphatic heterocycles. The van der Waals surface area contributed by atoms with Gasteiger partial charge in [0.2, 0.25) is 0 Å². The predicted octanol–water partition coefficient (Wildman–Crippen LogP) is 4.75. The summed E-state index contributed by atoms with van der Waals surface area (Å²) >= 11 is 0. The van der Waals surface area contributed by atoms with E-state index >= 15 is 0 Å². The van der Waals surface area contributed by atoms with Crippen molar-refractivity contribution in [3.05, 3.63) is 89.6 Å². The van der Waals surface area contributed by atoms with Crippen molar-refractivity contribution in [3.63, 3.8) is 0 Å². The molecule has 0 bridgehead atoms. The number of pyridine rings is 1. The molecule has 1 atom stereocenters. The number of nitrogens with zero attached hydrogens (tertiary/aromatic N) is 1. The number of amides is 1. The predicted molar refractivity (Wildman–Crippen MR) is 94.0 cm³/mol. The molecule has 0 spiro atoms. The first kappa shape index (κ1) is 17.5. The van der Waals surface area contributed by atoms with Crippen LogP contribution in [0.25, 0.3) is 0 Å². The van der Waals surface area contributed by atoms with Gasteiger partial charge < -0.3 is 10.1 Å². The van der Waals surface area contributed by atoms with Gasteiger partial charge in [0.15, 0.2) is 11.6 Å². The van der Waals surface area contributed by atoms with E-state index in [0.717, 1.165) is 17.7 Å². The molecule has 1 aromatic heterocycles. The summed E-state index contributed by atoms with van der Waals surface area (Å²) in [6, 6.07) is 15.6. The highest BCUT2D eigenvalue weighted by atomic mass is 19.1. The number of aromatic nitrogens is 1. The summed E-state index contributed by atoms with van der Waals surface area (Å²) in [4.78, 5) is 16.4. The first-order valence-corrected chi connectivity index (χ1v) is 7.97. The first-order valence-electron chi connectivity index (χ1n) is 7.97. The van der Waals surface area contributed by atoms with Crippen LogP contribution in [0.3, 0.4) is 0 Å². The van der Waals surface area contributed by atoms with E-state index in [4.69, 9.17) is 4.74 Å². The van der Waals surface area contributed by atoms with Crippen molar-refractivity contribution in [1.82, 2.24) is 4.98 Å². The summed E-state index contributed by atoms with van der Waals surface area (Å²) in [5.41, 5.74) is 0.678. The maximum absolute atomic E-state index is 13.8. The van der Waals surface area contributed by atoms with Gasteiger partial charge in [-0.25, -0.2) is 13.8 Å². The monoisotopic (exact) mass is 354 g/mol. The molecular formula is C20H16F2N2O2. The van der Waals surface area contributed by atoms with E-state index in [1.165, 1.54) is 6.20 Å². The molecule has 1 amide bonds. The summed E-state index contributed by atoms with van der Waals surface area (Å²) in [5, 5.41) is 2.51. The fourth-order valence-electron chi connectivity index (χ4n) is 2.41. The molecule has 0 radical (unpaired) electrons. The lowest BCUT2D eigenvalue weighted by molar-refractivity contribution is 0.102. The van der Waals surface area contributed by atoms with Gasteiger partial charge in [-0.15, -0.1) is 0 Å². The Morgan fingerprint density at radius 3 is 2.58 bits per heavy atom. The quantitative estimate of drug-likeness (QED) is 0.719. The van der Waals surface area contributed by atoms with Crippen LogP contribution in [0.1, 0.15) is 28.9 Å². The molecule has 26 heavy (non-hydrogen) atoms. The zero-order valence-corrected chi connectivity index (χ0v) is 13.9. The Bertz CT molecular complexity index is 917. The van der Waals surface area contributed by atoms with Gasteiger partial charge in [0.25, 0.3) is 5.91 Å². The second-order valence-electron chi connectivity index (χ2n) is 5.60. The number of anilines is 1. The Morgan fingerprint density at radius 2 is 1.85 bits per heavy atom. The van der Waals surface area contributed by atoms with Gasteiger partial charge in [-0.3, -0.25) is 4.79 Å². The number of ether oxygens (including phenoxy) is 1. The zero-order valence-electron chi connectivity index (χ0n) is 13.9. The molecular weight excluding hydrogens is 338 g/mol. The highest BCUT2D eigenvalue weighted by Gasteiger charge is 2.17. The van der Waals surface area contributed by atoms with Crippen LogP contribution in [-0.4, -0.2) is 10.9 Å². The fraction of sp³-hybridized carbons (Fsp3) is 0.100. The third-order valence-corrected chi connectivity index (χ3v) is 3.75. The van der Waals surface area contributed by atoms with E-state index in [1.54, 1.807) is 12.1 Å². The molecule has 4 nitrogen and oxygen atoms in total. The van der Waals surface area contributed by atoms with Crippen LogP contribution in [0.4, 0.5) is 14.6 Å². The number of hydrogen-bond donors (Lipinski definition) is 1. The van der Waals surface area contributed by atoms with Gasteiger partial charge in [-0.2, -0.15) is 0 Å².